The Morgan fingerprint density at radius 1 is 1.26 bits per heavy atom. The molecule has 0 radical (unpaired) electrons. The van der Waals surface area contributed by atoms with Gasteiger partial charge in [-0.15, -0.1) is 0 Å². The minimum absolute atomic E-state index is 0.0569. The molecular formula is C14H11N3O2. The summed E-state index contributed by atoms with van der Waals surface area (Å²) in [4.78, 5) is 19.0. The summed E-state index contributed by atoms with van der Waals surface area (Å²) < 4.78 is 0. The second-order valence-electron chi connectivity index (χ2n) is 4.10. The molecule has 0 fully saturated rings. The largest absolute Gasteiger partial charge is 0.504 e. The molecule has 1 aromatic carbocycles. The van der Waals surface area contributed by atoms with E-state index in [2.05, 4.69) is 15.3 Å². The number of hydrogen-bond acceptors (Lipinski definition) is 3. The van der Waals surface area contributed by atoms with Gasteiger partial charge in [0.2, 0.25) is 0 Å². The van der Waals surface area contributed by atoms with Gasteiger partial charge in [-0.25, -0.2) is 4.98 Å². The van der Waals surface area contributed by atoms with Crippen LogP contribution in [0.5, 0.6) is 5.75 Å². The van der Waals surface area contributed by atoms with Gasteiger partial charge in [0, 0.05) is 28.9 Å². The maximum Gasteiger partial charge on any atom is 0.256 e. The van der Waals surface area contributed by atoms with Gasteiger partial charge in [-0.1, -0.05) is 0 Å². The van der Waals surface area contributed by atoms with Crippen molar-refractivity contribution in [3.05, 3.63) is 54.4 Å². The van der Waals surface area contributed by atoms with Crippen LogP contribution in [0.1, 0.15) is 10.4 Å². The van der Waals surface area contributed by atoms with E-state index < -0.39 is 0 Å². The van der Waals surface area contributed by atoms with E-state index in [0.717, 1.165) is 10.9 Å². The van der Waals surface area contributed by atoms with E-state index in [1.165, 1.54) is 12.3 Å². The maximum atomic E-state index is 12.1. The number of pyridine rings is 1. The topological polar surface area (TPSA) is 78.0 Å². The summed E-state index contributed by atoms with van der Waals surface area (Å²) in [5, 5.41) is 13.1. The predicted octanol–water partition coefficient (Wildman–Crippen LogP) is 2.52. The Labute approximate surface area is 108 Å². The number of rotatable bonds is 2. The van der Waals surface area contributed by atoms with Crippen molar-refractivity contribution in [2.45, 2.75) is 0 Å². The van der Waals surface area contributed by atoms with Crippen molar-refractivity contribution in [3.63, 3.8) is 0 Å². The molecule has 19 heavy (non-hydrogen) atoms. The van der Waals surface area contributed by atoms with Gasteiger partial charge in [-0.2, -0.15) is 0 Å². The van der Waals surface area contributed by atoms with Crippen LogP contribution in [0.3, 0.4) is 0 Å². The number of carbonyl (C=O) groups is 1. The number of H-pyrrole nitrogens is 1. The zero-order valence-corrected chi connectivity index (χ0v) is 9.92. The fourth-order valence-electron chi connectivity index (χ4n) is 1.87. The number of hydrogen-bond donors (Lipinski definition) is 3. The summed E-state index contributed by atoms with van der Waals surface area (Å²) in [7, 11) is 0. The van der Waals surface area contributed by atoms with Crippen molar-refractivity contribution in [2.24, 2.45) is 0 Å². The average molecular weight is 253 g/mol. The number of nitrogens with zero attached hydrogens (tertiary/aromatic N) is 1. The number of aromatic amines is 1. The Morgan fingerprint density at radius 2 is 2.16 bits per heavy atom. The minimum atomic E-state index is -0.308. The Hall–Kier alpha value is -2.82. The molecule has 0 saturated heterocycles. The number of nitrogens with one attached hydrogen (secondary N) is 2. The monoisotopic (exact) mass is 253 g/mol. The van der Waals surface area contributed by atoms with Crippen molar-refractivity contribution < 1.29 is 9.90 Å². The lowest BCUT2D eigenvalue weighted by Gasteiger charge is -2.05. The standard InChI is InChI=1S/C14H11N3O2/c18-12-2-1-6-16-13(12)17-14(19)10-3-4-11-9(8-10)5-7-15-11/h1-8,15,18H,(H,16,17,19). The van der Waals surface area contributed by atoms with Crippen LogP contribution in [0.25, 0.3) is 10.9 Å². The van der Waals surface area contributed by atoms with E-state index in [0.29, 0.717) is 5.56 Å². The van der Waals surface area contributed by atoms with Gasteiger partial charge in [0.25, 0.3) is 5.91 Å². The molecule has 0 unspecified atom stereocenters. The number of amides is 1. The van der Waals surface area contributed by atoms with Crippen LogP contribution in [-0.2, 0) is 0 Å². The third kappa shape index (κ3) is 2.13. The fraction of sp³-hybridized carbons (Fsp3) is 0. The highest BCUT2D eigenvalue weighted by Gasteiger charge is 2.10. The smallest absolute Gasteiger partial charge is 0.256 e. The number of aromatic nitrogens is 2. The lowest BCUT2D eigenvalue weighted by Crippen LogP contribution is -2.12. The summed E-state index contributed by atoms with van der Waals surface area (Å²) in [6.07, 6.45) is 3.32. The zero-order chi connectivity index (χ0) is 13.2. The molecule has 0 saturated carbocycles. The molecule has 2 heterocycles. The van der Waals surface area contributed by atoms with Gasteiger partial charge in [0.05, 0.1) is 0 Å². The second kappa shape index (κ2) is 4.45. The lowest BCUT2D eigenvalue weighted by atomic mass is 10.1. The SMILES string of the molecule is O=C(Nc1ncccc1O)c1ccc2[nH]ccc2c1. The molecule has 0 bridgehead atoms. The van der Waals surface area contributed by atoms with Crippen molar-refractivity contribution in [3.8, 4) is 5.75 Å². The average Bonchev–Trinajstić information content (AvgIpc) is 2.88. The molecule has 2 aromatic heterocycles. The van der Waals surface area contributed by atoms with E-state index in [4.69, 9.17) is 0 Å². The molecule has 1 amide bonds. The Morgan fingerprint density at radius 3 is 3.00 bits per heavy atom. The number of carbonyl (C=O) groups excluding carboxylic acids is 1. The highest BCUT2D eigenvalue weighted by molar-refractivity contribution is 6.06. The summed E-state index contributed by atoms with van der Waals surface area (Å²) >= 11 is 0. The minimum Gasteiger partial charge on any atom is -0.504 e. The molecule has 0 spiro atoms. The summed E-state index contributed by atoms with van der Waals surface area (Å²) in [5.41, 5.74) is 1.48. The molecule has 0 aliphatic carbocycles. The van der Waals surface area contributed by atoms with Crippen molar-refractivity contribution in [1.82, 2.24) is 9.97 Å². The first-order chi connectivity index (χ1) is 9.24. The predicted molar refractivity (Wildman–Crippen MR) is 72.2 cm³/mol. The van der Waals surface area contributed by atoms with Gasteiger partial charge in [-0.3, -0.25) is 4.79 Å². The van der Waals surface area contributed by atoms with Crippen LogP contribution < -0.4 is 5.32 Å². The van der Waals surface area contributed by atoms with Gasteiger partial charge in [0.1, 0.15) is 0 Å². The Kier molecular flexibility index (Phi) is 2.64. The second-order valence-corrected chi connectivity index (χ2v) is 4.10. The first-order valence-corrected chi connectivity index (χ1v) is 5.76. The molecule has 3 N–H and O–H groups in total. The van der Waals surface area contributed by atoms with Gasteiger partial charge in [-0.05, 0) is 36.4 Å². The van der Waals surface area contributed by atoms with E-state index >= 15 is 0 Å². The van der Waals surface area contributed by atoms with E-state index in [9.17, 15) is 9.90 Å². The molecule has 3 rings (SSSR count). The zero-order valence-electron chi connectivity index (χ0n) is 9.92. The molecule has 0 aliphatic heterocycles. The van der Waals surface area contributed by atoms with E-state index in [1.54, 1.807) is 18.2 Å². The normalized spacial score (nSPS) is 10.5. The lowest BCUT2D eigenvalue weighted by molar-refractivity contribution is 0.102. The van der Waals surface area contributed by atoms with Crippen LogP contribution in [0, 0.1) is 0 Å². The quantitative estimate of drug-likeness (QED) is 0.656. The molecule has 94 valence electrons. The maximum absolute atomic E-state index is 12.1. The number of benzene rings is 1. The van der Waals surface area contributed by atoms with E-state index in [1.807, 2.05) is 18.3 Å². The highest BCUT2D eigenvalue weighted by Crippen LogP contribution is 2.20. The summed E-state index contributed by atoms with van der Waals surface area (Å²) in [5.74, 6) is -0.211. The molecule has 3 aromatic rings. The van der Waals surface area contributed by atoms with Crippen LogP contribution in [0.4, 0.5) is 5.82 Å². The fourth-order valence-corrected chi connectivity index (χ4v) is 1.87. The van der Waals surface area contributed by atoms with Crippen LogP contribution in [0.2, 0.25) is 0 Å². The number of aromatic hydroxyl groups is 1. The summed E-state index contributed by atoms with van der Waals surface area (Å²) in [6.45, 7) is 0. The Bertz CT molecular complexity index is 749. The Balaban J connectivity index is 1.89. The number of anilines is 1. The number of fused-ring (bicyclic) bond motifs is 1. The summed E-state index contributed by atoms with van der Waals surface area (Å²) in [6, 6.07) is 10.3. The first-order valence-electron chi connectivity index (χ1n) is 5.76. The van der Waals surface area contributed by atoms with Crippen LogP contribution >= 0.6 is 0 Å². The highest BCUT2D eigenvalue weighted by atomic mass is 16.3. The van der Waals surface area contributed by atoms with Crippen molar-refractivity contribution >= 4 is 22.6 Å². The van der Waals surface area contributed by atoms with Gasteiger partial charge < -0.3 is 15.4 Å². The molecule has 5 heteroatoms. The molecule has 5 nitrogen and oxygen atoms in total. The van der Waals surface area contributed by atoms with Crippen molar-refractivity contribution in [1.29, 1.82) is 0 Å². The van der Waals surface area contributed by atoms with Crippen LogP contribution in [-0.4, -0.2) is 21.0 Å². The van der Waals surface area contributed by atoms with E-state index in [-0.39, 0.29) is 17.5 Å². The van der Waals surface area contributed by atoms with Crippen molar-refractivity contribution in [2.75, 3.05) is 5.32 Å². The van der Waals surface area contributed by atoms with Gasteiger partial charge in [0.15, 0.2) is 11.6 Å². The third-order valence-corrected chi connectivity index (χ3v) is 2.83. The van der Waals surface area contributed by atoms with Gasteiger partial charge >= 0.3 is 0 Å². The third-order valence-electron chi connectivity index (χ3n) is 2.83. The molecule has 0 aliphatic rings. The van der Waals surface area contributed by atoms with Crippen LogP contribution in [0.15, 0.2) is 48.8 Å². The molecule has 0 atom stereocenters. The molecular weight excluding hydrogens is 242 g/mol. The first kappa shape index (κ1) is 11.3.